The van der Waals surface area contributed by atoms with Crippen molar-refractivity contribution in [3.05, 3.63) is 36.0 Å². The van der Waals surface area contributed by atoms with E-state index in [-0.39, 0.29) is 0 Å². The van der Waals surface area contributed by atoms with E-state index >= 15 is 0 Å². The van der Waals surface area contributed by atoms with Crippen molar-refractivity contribution in [2.75, 3.05) is 25.9 Å². The standard InChI is InChI=1S/C15H22N4O/c1-4-18(5-2)11-12-10-17-19(15(12)16)13-6-8-14(20-3)9-7-13/h6-10H,4-5,11,16H2,1-3H3. The van der Waals surface area contributed by atoms with Crippen LogP contribution in [0, 0.1) is 0 Å². The number of rotatable bonds is 6. The summed E-state index contributed by atoms with van der Waals surface area (Å²) in [5.74, 6) is 1.52. The highest BCUT2D eigenvalue weighted by molar-refractivity contribution is 5.48. The third kappa shape index (κ3) is 2.93. The van der Waals surface area contributed by atoms with E-state index in [2.05, 4.69) is 23.8 Å². The molecule has 0 saturated heterocycles. The van der Waals surface area contributed by atoms with E-state index in [0.29, 0.717) is 5.82 Å². The summed E-state index contributed by atoms with van der Waals surface area (Å²) < 4.78 is 6.92. The molecule has 0 bridgehead atoms. The highest BCUT2D eigenvalue weighted by Crippen LogP contribution is 2.20. The summed E-state index contributed by atoms with van der Waals surface area (Å²) in [6.07, 6.45) is 1.85. The van der Waals surface area contributed by atoms with Gasteiger partial charge in [-0.1, -0.05) is 13.8 Å². The minimum absolute atomic E-state index is 0.696. The molecule has 0 fully saturated rings. The maximum Gasteiger partial charge on any atom is 0.131 e. The minimum Gasteiger partial charge on any atom is -0.497 e. The molecule has 1 aromatic heterocycles. The summed E-state index contributed by atoms with van der Waals surface area (Å²) in [6, 6.07) is 7.70. The molecular formula is C15H22N4O. The van der Waals surface area contributed by atoms with Crippen molar-refractivity contribution >= 4 is 5.82 Å². The number of benzene rings is 1. The van der Waals surface area contributed by atoms with Gasteiger partial charge in [-0.15, -0.1) is 0 Å². The fourth-order valence-electron chi connectivity index (χ4n) is 2.13. The average Bonchev–Trinajstić information content (AvgIpc) is 2.86. The second-order valence-corrected chi connectivity index (χ2v) is 4.63. The summed E-state index contributed by atoms with van der Waals surface area (Å²) in [4.78, 5) is 2.31. The van der Waals surface area contributed by atoms with Crippen molar-refractivity contribution in [1.82, 2.24) is 14.7 Å². The van der Waals surface area contributed by atoms with E-state index in [1.54, 1.807) is 11.8 Å². The first kappa shape index (κ1) is 14.4. The Balaban J connectivity index is 2.23. The lowest BCUT2D eigenvalue weighted by Crippen LogP contribution is -2.22. The van der Waals surface area contributed by atoms with Gasteiger partial charge in [0.05, 0.1) is 19.0 Å². The summed E-state index contributed by atoms with van der Waals surface area (Å²) in [6.45, 7) is 7.13. The molecule has 0 aliphatic rings. The third-order valence-corrected chi connectivity index (χ3v) is 3.49. The van der Waals surface area contributed by atoms with E-state index in [9.17, 15) is 0 Å². The average molecular weight is 274 g/mol. The van der Waals surface area contributed by atoms with Crippen LogP contribution in [0.1, 0.15) is 19.4 Å². The van der Waals surface area contributed by atoms with E-state index in [1.165, 1.54) is 0 Å². The molecule has 0 atom stereocenters. The molecule has 20 heavy (non-hydrogen) atoms. The van der Waals surface area contributed by atoms with Crippen LogP contribution in [0.3, 0.4) is 0 Å². The number of nitrogen functional groups attached to an aromatic ring is 1. The lowest BCUT2D eigenvalue weighted by atomic mass is 10.2. The van der Waals surface area contributed by atoms with Crippen molar-refractivity contribution in [3.8, 4) is 11.4 Å². The largest absolute Gasteiger partial charge is 0.497 e. The zero-order chi connectivity index (χ0) is 14.5. The molecule has 1 aromatic carbocycles. The highest BCUT2D eigenvalue weighted by Gasteiger charge is 2.11. The van der Waals surface area contributed by atoms with Crippen LogP contribution in [0.25, 0.3) is 5.69 Å². The number of hydrogen-bond acceptors (Lipinski definition) is 4. The van der Waals surface area contributed by atoms with Gasteiger partial charge in [-0.2, -0.15) is 5.10 Å². The topological polar surface area (TPSA) is 56.3 Å². The Kier molecular flexibility index (Phi) is 4.63. The molecule has 0 aliphatic heterocycles. The van der Waals surface area contributed by atoms with Crippen LogP contribution in [0.5, 0.6) is 5.75 Å². The van der Waals surface area contributed by atoms with Gasteiger partial charge in [0.25, 0.3) is 0 Å². The first-order valence-corrected chi connectivity index (χ1v) is 6.88. The molecule has 1 heterocycles. The van der Waals surface area contributed by atoms with Crippen molar-refractivity contribution in [2.24, 2.45) is 0 Å². The summed E-state index contributed by atoms with van der Waals surface area (Å²) in [5, 5.41) is 4.39. The van der Waals surface area contributed by atoms with Gasteiger partial charge in [-0.05, 0) is 37.4 Å². The van der Waals surface area contributed by atoms with Gasteiger partial charge in [0.15, 0.2) is 0 Å². The Morgan fingerprint density at radius 3 is 2.40 bits per heavy atom. The van der Waals surface area contributed by atoms with Gasteiger partial charge in [-0.3, -0.25) is 4.90 Å². The second-order valence-electron chi connectivity index (χ2n) is 4.63. The maximum atomic E-state index is 6.21. The first-order valence-electron chi connectivity index (χ1n) is 6.88. The van der Waals surface area contributed by atoms with E-state index in [1.807, 2.05) is 30.5 Å². The number of nitrogens with zero attached hydrogens (tertiary/aromatic N) is 3. The molecular weight excluding hydrogens is 252 g/mol. The number of ether oxygens (including phenoxy) is 1. The molecule has 5 heteroatoms. The molecule has 0 radical (unpaired) electrons. The predicted molar refractivity (Wildman–Crippen MR) is 81.2 cm³/mol. The number of hydrogen-bond donors (Lipinski definition) is 1. The molecule has 2 aromatic rings. The van der Waals surface area contributed by atoms with Crippen LogP contribution in [0.4, 0.5) is 5.82 Å². The molecule has 0 unspecified atom stereocenters. The van der Waals surface area contributed by atoms with Crippen molar-refractivity contribution in [3.63, 3.8) is 0 Å². The first-order chi connectivity index (χ1) is 9.69. The molecule has 0 amide bonds. The predicted octanol–water partition coefficient (Wildman–Crippen LogP) is 2.30. The van der Waals surface area contributed by atoms with Gasteiger partial charge in [0, 0.05) is 12.1 Å². The summed E-state index contributed by atoms with van der Waals surface area (Å²) >= 11 is 0. The van der Waals surface area contributed by atoms with E-state index < -0.39 is 0 Å². The Bertz CT molecular complexity index is 544. The van der Waals surface area contributed by atoms with Gasteiger partial charge >= 0.3 is 0 Å². The maximum absolute atomic E-state index is 6.21. The second kappa shape index (κ2) is 6.43. The zero-order valence-corrected chi connectivity index (χ0v) is 12.3. The van der Waals surface area contributed by atoms with Crippen LogP contribution < -0.4 is 10.5 Å². The molecule has 0 saturated carbocycles. The molecule has 108 valence electrons. The minimum atomic E-state index is 0.696. The van der Waals surface area contributed by atoms with Crippen LogP contribution in [0.15, 0.2) is 30.5 Å². The molecule has 0 spiro atoms. The monoisotopic (exact) mass is 274 g/mol. The van der Waals surface area contributed by atoms with Gasteiger partial charge in [0.1, 0.15) is 11.6 Å². The number of aromatic nitrogens is 2. The third-order valence-electron chi connectivity index (χ3n) is 3.49. The van der Waals surface area contributed by atoms with Gasteiger partial charge in [0.2, 0.25) is 0 Å². The molecule has 0 aliphatic carbocycles. The summed E-state index contributed by atoms with van der Waals surface area (Å²) in [5.41, 5.74) is 8.20. The number of nitrogens with two attached hydrogens (primary N) is 1. The summed E-state index contributed by atoms with van der Waals surface area (Å²) in [7, 11) is 1.65. The Labute approximate surface area is 119 Å². The lowest BCUT2D eigenvalue weighted by molar-refractivity contribution is 0.296. The quantitative estimate of drug-likeness (QED) is 0.878. The normalized spacial score (nSPS) is 11.0. The van der Waals surface area contributed by atoms with Gasteiger partial charge in [-0.25, -0.2) is 4.68 Å². The Hall–Kier alpha value is -2.01. The number of anilines is 1. The molecule has 5 nitrogen and oxygen atoms in total. The molecule has 2 N–H and O–H groups in total. The fraction of sp³-hybridized carbons (Fsp3) is 0.400. The number of methoxy groups -OCH3 is 1. The van der Waals surface area contributed by atoms with Crippen LogP contribution in [-0.4, -0.2) is 34.9 Å². The van der Waals surface area contributed by atoms with Crippen LogP contribution in [-0.2, 0) is 6.54 Å². The zero-order valence-electron chi connectivity index (χ0n) is 12.3. The Morgan fingerprint density at radius 1 is 1.20 bits per heavy atom. The van der Waals surface area contributed by atoms with E-state index in [4.69, 9.17) is 10.5 Å². The van der Waals surface area contributed by atoms with E-state index in [0.717, 1.165) is 36.6 Å². The van der Waals surface area contributed by atoms with Crippen molar-refractivity contribution < 1.29 is 4.74 Å². The fourth-order valence-corrected chi connectivity index (χ4v) is 2.13. The Morgan fingerprint density at radius 2 is 1.85 bits per heavy atom. The van der Waals surface area contributed by atoms with Crippen molar-refractivity contribution in [2.45, 2.75) is 20.4 Å². The van der Waals surface area contributed by atoms with Crippen molar-refractivity contribution in [1.29, 1.82) is 0 Å². The van der Waals surface area contributed by atoms with Gasteiger partial charge < -0.3 is 10.5 Å². The highest BCUT2D eigenvalue weighted by atomic mass is 16.5. The van der Waals surface area contributed by atoms with Crippen LogP contribution >= 0.6 is 0 Å². The molecule has 2 rings (SSSR count). The van der Waals surface area contributed by atoms with Crippen LogP contribution in [0.2, 0.25) is 0 Å². The smallest absolute Gasteiger partial charge is 0.131 e. The SMILES string of the molecule is CCN(CC)Cc1cnn(-c2ccc(OC)cc2)c1N. The lowest BCUT2D eigenvalue weighted by Gasteiger charge is -2.17.